The zero-order chi connectivity index (χ0) is 12.5. The van der Waals surface area contributed by atoms with Crippen LogP contribution >= 0.6 is 7.26 Å². The van der Waals surface area contributed by atoms with Crippen molar-refractivity contribution in [1.29, 1.82) is 0 Å². The van der Waals surface area contributed by atoms with Crippen LogP contribution in [-0.4, -0.2) is 23.6 Å². The average Bonchev–Trinajstić information content (AvgIpc) is 2.04. The molecule has 0 aliphatic carbocycles. The van der Waals surface area contributed by atoms with Crippen LogP contribution in [-0.2, 0) is 0 Å². The van der Waals surface area contributed by atoms with Gasteiger partial charge < -0.3 is 0 Å². The van der Waals surface area contributed by atoms with Crippen LogP contribution in [0.2, 0.25) is 0 Å². The van der Waals surface area contributed by atoms with E-state index in [1.165, 1.54) is 0 Å². The van der Waals surface area contributed by atoms with E-state index in [2.05, 4.69) is 68.7 Å². The van der Waals surface area contributed by atoms with Gasteiger partial charge in [0.05, 0.1) is 0 Å². The van der Waals surface area contributed by atoms with E-state index in [4.69, 9.17) is 0 Å². The summed E-state index contributed by atoms with van der Waals surface area (Å²) in [5.41, 5.74) is 0.832. The Balaban J connectivity index is 3.55. The number of hydrogen-bond acceptors (Lipinski definition) is 0. The molecule has 1 rings (SSSR count). The summed E-state index contributed by atoms with van der Waals surface area (Å²) in [6.07, 6.45) is 0. The number of hydrogen-bond donors (Lipinski definition) is 0. The van der Waals surface area contributed by atoms with Gasteiger partial charge in [0.25, 0.3) is 0 Å². The van der Waals surface area contributed by atoms with Gasteiger partial charge in [-0.25, -0.2) is 0 Å². The first-order valence-electron chi connectivity index (χ1n) is 6.25. The molecule has 1 heterocycles. The second kappa shape index (κ2) is 2.81. The van der Waals surface area contributed by atoms with Crippen molar-refractivity contribution in [3.8, 4) is 0 Å². The monoisotopic (exact) mass is 230 g/mol. The Morgan fingerprint density at radius 1 is 0.533 bits per heavy atom. The predicted octanol–water partition coefficient (Wildman–Crippen LogP) is 4.62. The molecule has 1 aliphatic heterocycles. The fourth-order valence-corrected chi connectivity index (χ4v) is 9.22. The van der Waals surface area contributed by atoms with Gasteiger partial charge in [0.2, 0.25) is 0 Å². The molecule has 1 saturated heterocycles. The first-order valence-corrected chi connectivity index (χ1v) is 9.25. The number of rotatable bonds is 0. The Morgan fingerprint density at radius 2 is 0.733 bits per heavy atom. The molecule has 0 unspecified atom stereocenters. The van der Waals surface area contributed by atoms with Crippen LogP contribution in [0.5, 0.6) is 0 Å². The van der Waals surface area contributed by atoms with Crippen molar-refractivity contribution in [1.82, 2.24) is 0 Å². The normalized spacial score (nSPS) is 36.1. The Hall–Kier alpha value is 0.430. The first-order chi connectivity index (χ1) is 6.25. The summed E-state index contributed by atoms with van der Waals surface area (Å²) < 4.78 is 0. The second-order valence-corrected chi connectivity index (χ2v) is 13.9. The van der Waals surface area contributed by atoms with Crippen LogP contribution in [0.3, 0.4) is 0 Å². The molecule has 0 saturated carbocycles. The molecule has 1 fully saturated rings. The van der Waals surface area contributed by atoms with Crippen molar-refractivity contribution in [3.05, 3.63) is 0 Å². The summed E-state index contributed by atoms with van der Waals surface area (Å²) in [5, 5.41) is 0.986. The molecule has 0 atom stereocenters. The average molecular weight is 230 g/mol. The van der Waals surface area contributed by atoms with Gasteiger partial charge >= 0.3 is 97.1 Å². The van der Waals surface area contributed by atoms with Crippen molar-refractivity contribution in [2.45, 2.75) is 65.7 Å². The summed E-state index contributed by atoms with van der Waals surface area (Å²) in [4.78, 5) is 0. The fraction of sp³-hybridized carbons (Fsp3) is 1.00. The Kier molecular flexibility index (Phi) is 2.53. The molecule has 0 aromatic heterocycles. The minimum absolute atomic E-state index is 0.416. The maximum atomic E-state index is 2.59. The van der Waals surface area contributed by atoms with E-state index in [-0.39, 0.29) is 0 Å². The quantitative estimate of drug-likeness (QED) is 0.533. The molecule has 0 aromatic rings. The zero-order valence-corrected chi connectivity index (χ0v) is 13.5. The van der Waals surface area contributed by atoms with Crippen molar-refractivity contribution in [2.75, 3.05) is 13.3 Å². The van der Waals surface area contributed by atoms with Crippen LogP contribution < -0.4 is 0 Å². The topological polar surface area (TPSA) is 0 Å². The first kappa shape index (κ1) is 13.5. The molecule has 1 aliphatic rings. The Bertz CT molecular complexity index is 190. The molecular formula is C14H31P. The van der Waals surface area contributed by atoms with E-state index in [1.807, 2.05) is 0 Å². The van der Waals surface area contributed by atoms with E-state index >= 15 is 0 Å². The van der Waals surface area contributed by atoms with Gasteiger partial charge in [-0.1, -0.05) is 0 Å². The summed E-state index contributed by atoms with van der Waals surface area (Å²) in [5.74, 6) is 0. The summed E-state index contributed by atoms with van der Waals surface area (Å²) in [6, 6.07) is 0. The Morgan fingerprint density at radius 3 is 0.800 bits per heavy atom. The van der Waals surface area contributed by atoms with Crippen molar-refractivity contribution in [2.24, 2.45) is 10.8 Å². The standard InChI is InChI=1S/C14H31P/c1-11(2)12(3,4)14(7,8)15(9,10)13(11,5)6/h15H,1-10H3. The van der Waals surface area contributed by atoms with E-state index in [0.29, 0.717) is 21.1 Å². The van der Waals surface area contributed by atoms with Gasteiger partial charge in [0.15, 0.2) is 0 Å². The maximum absolute atomic E-state index is 2.59. The van der Waals surface area contributed by atoms with E-state index in [9.17, 15) is 0 Å². The summed E-state index contributed by atoms with van der Waals surface area (Å²) in [7, 11) is -1.27. The van der Waals surface area contributed by atoms with Crippen molar-refractivity contribution < 1.29 is 0 Å². The molecule has 0 spiro atoms. The second-order valence-electron chi connectivity index (χ2n) is 8.12. The van der Waals surface area contributed by atoms with E-state index < -0.39 is 7.26 Å². The van der Waals surface area contributed by atoms with Crippen LogP contribution in [0.25, 0.3) is 0 Å². The zero-order valence-electron chi connectivity index (χ0n) is 12.5. The third-order valence-electron chi connectivity index (χ3n) is 7.81. The molecule has 1 heteroatoms. The van der Waals surface area contributed by atoms with Crippen LogP contribution in [0.15, 0.2) is 0 Å². The van der Waals surface area contributed by atoms with Gasteiger partial charge in [-0.2, -0.15) is 0 Å². The minimum atomic E-state index is -1.27. The van der Waals surface area contributed by atoms with E-state index in [0.717, 1.165) is 0 Å². The molecule has 92 valence electrons. The van der Waals surface area contributed by atoms with Crippen molar-refractivity contribution >= 4 is 7.26 Å². The van der Waals surface area contributed by atoms with Gasteiger partial charge in [-0.3, -0.25) is 0 Å². The molecular weight excluding hydrogens is 199 g/mol. The third kappa shape index (κ3) is 1.08. The molecule has 0 bridgehead atoms. The van der Waals surface area contributed by atoms with E-state index in [1.54, 1.807) is 0 Å². The Labute approximate surface area is 97.6 Å². The summed E-state index contributed by atoms with van der Waals surface area (Å²) in [6.45, 7) is 25.1. The SMILES string of the molecule is CC1(C)C(C)(C)C(C)(C)[PH](C)(C)C1(C)C. The van der Waals surface area contributed by atoms with Gasteiger partial charge in [0, 0.05) is 0 Å². The molecule has 15 heavy (non-hydrogen) atoms. The molecule has 0 radical (unpaired) electrons. The molecule has 0 amide bonds. The third-order valence-corrected chi connectivity index (χ3v) is 15.3. The van der Waals surface area contributed by atoms with Crippen LogP contribution in [0.4, 0.5) is 0 Å². The summed E-state index contributed by atoms with van der Waals surface area (Å²) >= 11 is 0. The van der Waals surface area contributed by atoms with Crippen LogP contribution in [0, 0.1) is 10.8 Å². The predicted molar refractivity (Wildman–Crippen MR) is 75.9 cm³/mol. The van der Waals surface area contributed by atoms with Gasteiger partial charge in [-0.05, 0) is 0 Å². The van der Waals surface area contributed by atoms with Crippen LogP contribution in [0.1, 0.15) is 55.4 Å². The van der Waals surface area contributed by atoms with Gasteiger partial charge in [-0.15, -0.1) is 0 Å². The molecule has 0 nitrogen and oxygen atoms in total. The van der Waals surface area contributed by atoms with Crippen molar-refractivity contribution in [3.63, 3.8) is 0 Å². The molecule has 0 N–H and O–H groups in total. The fourth-order valence-electron chi connectivity index (χ4n) is 3.91. The van der Waals surface area contributed by atoms with Gasteiger partial charge in [0.1, 0.15) is 0 Å². The molecule has 0 aromatic carbocycles.